The molecule has 0 heterocycles. The summed E-state index contributed by atoms with van der Waals surface area (Å²) in [4.78, 5) is 0. The molecule has 1 nitrogen and oxygen atoms in total. The predicted molar refractivity (Wildman–Crippen MR) is 90.0 cm³/mol. The van der Waals surface area contributed by atoms with E-state index in [-0.39, 0.29) is 11.9 Å². The molecule has 2 aromatic rings. The normalized spacial score (nSPS) is 12.4. The monoisotopic (exact) mass is 349 g/mol. The van der Waals surface area contributed by atoms with Gasteiger partial charge in [-0.2, -0.15) is 0 Å². The van der Waals surface area contributed by atoms with Crippen LogP contribution in [0.1, 0.15) is 36.1 Å². The Balaban J connectivity index is 2.23. The summed E-state index contributed by atoms with van der Waals surface area (Å²) in [6.07, 6.45) is 1.84. The molecule has 0 radical (unpaired) electrons. The summed E-state index contributed by atoms with van der Waals surface area (Å²) in [5.74, 6) is -0.189. The average Bonchev–Trinajstić information content (AvgIpc) is 2.48. The third kappa shape index (κ3) is 4.65. The molecule has 0 spiro atoms. The number of hydrogen-bond donors (Lipinski definition) is 1. The van der Waals surface area contributed by atoms with E-state index < -0.39 is 0 Å². The second-order valence-electron chi connectivity index (χ2n) is 5.36. The Morgan fingerprint density at radius 3 is 2.52 bits per heavy atom. The quantitative estimate of drug-likeness (QED) is 0.757. The maximum Gasteiger partial charge on any atom is 0.123 e. The minimum absolute atomic E-state index is 0.189. The Kier molecular flexibility index (Phi) is 5.95. The van der Waals surface area contributed by atoms with Gasteiger partial charge in [0.1, 0.15) is 5.82 Å². The molecule has 0 aliphatic rings. The maximum absolute atomic E-state index is 13.5. The molecule has 0 bridgehead atoms. The smallest absolute Gasteiger partial charge is 0.123 e. The molecule has 1 N–H and O–H groups in total. The molecule has 0 amide bonds. The van der Waals surface area contributed by atoms with Gasteiger partial charge in [-0.1, -0.05) is 52.7 Å². The van der Waals surface area contributed by atoms with E-state index in [9.17, 15) is 4.39 Å². The summed E-state index contributed by atoms with van der Waals surface area (Å²) in [7, 11) is 0. The Morgan fingerprint density at radius 2 is 1.86 bits per heavy atom. The van der Waals surface area contributed by atoms with Crippen LogP contribution >= 0.6 is 15.9 Å². The van der Waals surface area contributed by atoms with E-state index in [4.69, 9.17) is 0 Å². The topological polar surface area (TPSA) is 12.0 Å². The van der Waals surface area contributed by atoms with E-state index in [0.29, 0.717) is 0 Å². The van der Waals surface area contributed by atoms with Crippen molar-refractivity contribution in [1.82, 2.24) is 5.32 Å². The standard InChI is InChI=1S/C18H21BrFN/c1-3-10-21-18(14-6-4-13(2)5-7-14)12-15-11-16(20)8-9-17(15)19/h4-9,11,18,21H,3,10,12H2,1-2H3. The first-order valence-corrected chi connectivity index (χ1v) is 8.13. The van der Waals surface area contributed by atoms with Crippen LogP contribution in [-0.2, 0) is 6.42 Å². The van der Waals surface area contributed by atoms with Crippen molar-refractivity contribution in [3.63, 3.8) is 0 Å². The highest BCUT2D eigenvalue weighted by atomic mass is 79.9. The van der Waals surface area contributed by atoms with Gasteiger partial charge >= 0.3 is 0 Å². The first-order chi connectivity index (χ1) is 10.1. The lowest BCUT2D eigenvalue weighted by molar-refractivity contribution is 0.526. The molecule has 2 rings (SSSR count). The maximum atomic E-state index is 13.5. The molecular weight excluding hydrogens is 329 g/mol. The summed E-state index contributed by atoms with van der Waals surface area (Å²) < 4.78 is 14.4. The SMILES string of the molecule is CCCNC(Cc1cc(F)ccc1Br)c1ccc(C)cc1. The Bertz CT molecular complexity index is 580. The highest BCUT2D eigenvalue weighted by Crippen LogP contribution is 2.25. The van der Waals surface area contributed by atoms with Crippen molar-refractivity contribution in [3.8, 4) is 0 Å². The van der Waals surface area contributed by atoms with Gasteiger partial charge in [0.2, 0.25) is 0 Å². The van der Waals surface area contributed by atoms with Crippen LogP contribution in [0.4, 0.5) is 4.39 Å². The van der Waals surface area contributed by atoms with E-state index in [0.717, 1.165) is 29.4 Å². The van der Waals surface area contributed by atoms with Crippen molar-refractivity contribution in [1.29, 1.82) is 0 Å². The van der Waals surface area contributed by atoms with E-state index in [1.54, 1.807) is 12.1 Å². The molecule has 0 aliphatic carbocycles. The number of halogens is 2. The molecule has 0 aliphatic heterocycles. The van der Waals surface area contributed by atoms with Crippen molar-refractivity contribution < 1.29 is 4.39 Å². The Hall–Kier alpha value is -1.19. The van der Waals surface area contributed by atoms with E-state index in [2.05, 4.69) is 59.4 Å². The zero-order valence-corrected chi connectivity index (χ0v) is 14.1. The van der Waals surface area contributed by atoms with Crippen LogP contribution < -0.4 is 5.32 Å². The van der Waals surface area contributed by atoms with E-state index in [1.165, 1.54) is 17.2 Å². The van der Waals surface area contributed by atoms with Crippen LogP contribution in [0.25, 0.3) is 0 Å². The summed E-state index contributed by atoms with van der Waals surface area (Å²) >= 11 is 3.52. The summed E-state index contributed by atoms with van der Waals surface area (Å²) in [6.45, 7) is 5.18. The van der Waals surface area contributed by atoms with Gasteiger partial charge in [0, 0.05) is 10.5 Å². The van der Waals surface area contributed by atoms with Crippen LogP contribution in [0.2, 0.25) is 0 Å². The molecule has 2 aromatic carbocycles. The predicted octanol–water partition coefficient (Wildman–Crippen LogP) is 5.18. The zero-order chi connectivity index (χ0) is 15.2. The molecule has 0 saturated heterocycles. The molecule has 1 unspecified atom stereocenters. The van der Waals surface area contributed by atoms with E-state index in [1.807, 2.05) is 0 Å². The molecule has 21 heavy (non-hydrogen) atoms. The highest BCUT2D eigenvalue weighted by Gasteiger charge is 2.13. The van der Waals surface area contributed by atoms with Crippen LogP contribution in [0.3, 0.4) is 0 Å². The fraction of sp³-hybridized carbons (Fsp3) is 0.333. The third-order valence-corrected chi connectivity index (χ3v) is 4.33. The summed E-state index contributed by atoms with van der Waals surface area (Å²) in [5.41, 5.74) is 3.48. The second kappa shape index (κ2) is 7.71. The second-order valence-corrected chi connectivity index (χ2v) is 6.21. The van der Waals surface area contributed by atoms with E-state index >= 15 is 0 Å². The molecule has 0 fully saturated rings. The van der Waals surface area contributed by atoms with Gasteiger partial charge in [0.25, 0.3) is 0 Å². The van der Waals surface area contributed by atoms with Gasteiger partial charge in [0.05, 0.1) is 0 Å². The first-order valence-electron chi connectivity index (χ1n) is 7.34. The molecule has 0 saturated carbocycles. The van der Waals surface area contributed by atoms with Gasteiger partial charge in [0.15, 0.2) is 0 Å². The number of aryl methyl sites for hydroxylation is 1. The van der Waals surface area contributed by atoms with Crippen molar-refractivity contribution in [2.45, 2.75) is 32.7 Å². The Labute approximate surface area is 134 Å². The number of hydrogen-bond acceptors (Lipinski definition) is 1. The number of nitrogens with one attached hydrogen (secondary N) is 1. The minimum atomic E-state index is -0.189. The van der Waals surface area contributed by atoms with Gasteiger partial charge in [-0.3, -0.25) is 0 Å². The van der Waals surface area contributed by atoms with Crippen molar-refractivity contribution >= 4 is 15.9 Å². The lowest BCUT2D eigenvalue weighted by Crippen LogP contribution is -2.24. The first kappa shape index (κ1) is 16.2. The average molecular weight is 350 g/mol. The third-order valence-electron chi connectivity index (χ3n) is 3.55. The number of rotatable bonds is 6. The fourth-order valence-electron chi connectivity index (χ4n) is 2.34. The van der Waals surface area contributed by atoms with Gasteiger partial charge in [-0.05, 0) is 55.6 Å². The lowest BCUT2D eigenvalue weighted by atomic mass is 9.98. The largest absolute Gasteiger partial charge is 0.310 e. The summed E-state index contributed by atoms with van der Waals surface area (Å²) in [6, 6.07) is 13.6. The fourth-order valence-corrected chi connectivity index (χ4v) is 2.75. The Morgan fingerprint density at radius 1 is 1.14 bits per heavy atom. The van der Waals surface area contributed by atoms with Crippen LogP contribution in [0, 0.1) is 12.7 Å². The highest BCUT2D eigenvalue weighted by molar-refractivity contribution is 9.10. The van der Waals surface area contributed by atoms with Crippen molar-refractivity contribution in [3.05, 3.63) is 69.4 Å². The van der Waals surface area contributed by atoms with Crippen LogP contribution in [0.5, 0.6) is 0 Å². The van der Waals surface area contributed by atoms with Gasteiger partial charge in [-0.25, -0.2) is 4.39 Å². The van der Waals surface area contributed by atoms with Crippen molar-refractivity contribution in [2.75, 3.05) is 6.54 Å². The minimum Gasteiger partial charge on any atom is -0.310 e. The van der Waals surface area contributed by atoms with Crippen LogP contribution in [-0.4, -0.2) is 6.54 Å². The van der Waals surface area contributed by atoms with Crippen LogP contribution in [0.15, 0.2) is 46.9 Å². The zero-order valence-electron chi connectivity index (χ0n) is 12.5. The molecule has 1 atom stereocenters. The molecule has 0 aromatic heterocycles. The number of benzene rings is 2. The van der Waals surface area contributed by atoms with Gasteiger partial charge in [-0.15, -0.1) is 0 Å². The molecular formula is C18H21BrFN. The van der Waals surface area contributed by atoms with Gasteiger partial charge < -0.3 is 5.32 Å². The van der Waals surface area contributed by atoms with Crippen molar-refractivity contribution in [2.24, 2.45) is 0 Å². The molecule has 112 valence electrons. The lowest BCUT2D eigenvalue weighted by Gasteiger charge is -2.20. The molecule has 3 heteroatoms. The summed E-state index contributed by atoms with van der Waals surface area (Å²) in [5, 5.41) is 3.56.